The second-order valence-corrected chi connectivity index (χ2v) is 9.30. The van der Waals surface area contributed by atoms with Gasteiger partial charge in [0.25, 0.3) is 0 Å². The quantitative estimate of drug-likeness (QED) is 0.254. The van der Waals surface area contributed by atoms with E-state index >= 15 is 0 Å². The van der Waals surface area contributed by atoms with Gasteiger partial charge in [0.05, 0.1) is 38.5 Å². The predicted octanol–water partition coefficient (Wildman–Crippen LogP) is 6.10. The first-order valence-corrected chi connectivity index (χ1v) is 12.4. The second kappa shape index (κ2) is 12.1. The SMILES string of the molecule is COCCN(Cc1cc2ccc(Cl)cc2nc1-c1cccc(C)c1)C(=O)Cc1cc(OC)ccc1OC. The van der Waals surface area contributed by atoms with Crippen molar-refractivity contribution < 1.29 is 19.0 Å². The lowest BCUT2D eigenvalue weighted by atomic mass is 10.0. The Morgan fingerprint density at radius 3 is 2.51 bits per heavy atom. The molecule has 4 rings (SSSR count). The molecule has 0 radical (unpaired) electrons. The van der Waals surface area contributed by atoms with Gasteiger partial charge in [-0.15, -0.1) is 0 Å². The lowest BCUT2D eigenvalue weighted by molar-refractivity contribution is -0.131. The molecule has 0 N–H and O–H groups in total. The van der Waals surface area contributed by atoms with Crippen LogP contribution in [0, 0.1) is 6.92 Å². The number of halogens is 1. The number of nitrogens with zero attached hydrogens (tertiary/aromatic N) is 2. The zero-order valence-corrected chi connectivity index (χ0v) is 22.3. The maximum absolute atomic E-state index is 13.6. The molecule has 0 atom stereocenters. The number of aryl methyl sites for hydroxylation is 1. The highest BCUT2D eigenvalue weighted by molar-refractivity contribution is 6.31. The number of fused-ring (bicyclic) bond motifs is 1. The van der Waals surface area contributed by atoms with Crippen molar-refractivity contribution in [2.75, 3.05) is 34.5 Å². The van der Waals surface area contributed by atoms with Crippen LogP contribution in [0.15, 0.2) is 66.7 Å². The molecule has 0 saturated carbocycles. The van der Waals surface area contributed by atoms with E-state index in [1.807, 2.05) is 48.5 Å². The van der Waals surface area contributed by atoms with Gasteiger partial charge in [-0.1, -0.05) is 41.4 Å². The van der Waals surface area contributed by atoms with E-state index in [9.17, 15) is 4.79 Å². The lowest BCUT2D eigenvalue weighted by Crippen LogP contribution is -2.35. The molecule has 0 aliphatic heterocycles. The van der Waals surface area contributed by atoms with Crippen LogP contribution in [0.1, 0.15) is 16.7 Å². The van der Waals surface area contributed by atoms with Crippen molar-refractivity contribution in [1.29, 1.82) is 0 Å². The summed E-state index contributed by atoms with van der Waals surface area (Å²) in [7, 11) is 4.83. The van der Waals surface area contributed by atoms with Crippen LogP contribution in [0.25, 0.3) is 22.2 Å². The minimum atomic E-state index is -0.0463. The van der Waals surface area contributed by atoms with E-state index in [0.29, 0.717) is 36.2 Å². The monoisotopic (exact) mass is 518 g/mol. The van der Waals surface area contributed by atoms with Crippen molar-refractivity contribution >= 4 is 28.4 Å². The van der Waals surface area contributed by atoms with Crippen molar-refractivity contribution in [3.8, 4) is 22.8 Å². The number of hydrogen-bond donors (Lipinski definition) is 0. The summed E-state index contributed by atoms with van der Waals surface area (Å²) in [6, 6.07) is 21.4. The third-order valence-electron chi connectivity index (χ3n) is 6.26. The molecule has 3 aromatic carbocycles. The summed E-state index contributed by atoms with van der Waals surface area (Å²) in [5, 5.41) is 1.59. The number of carbonyl (C=O) groups is 1. The molecule has 0 unspecified atom stereocenters. The molecule has 37 heavy (non-hydrogen) atoms. The van der Waals surface area contributed by atoms with Crippen molar-refractivity contribution in [1.82, 2.24) is 9.88 Å². The highest BCUT2D eigenvalue weighted by atomic mass is 35.5. The molecular formula is C30H31ClN2O4. The van der Waals surface area contributed by atoms with Crippen LogP contribution in [0.4, 0.5) is 0 Å². The zero-order valence-electron chi connectivity index (χ0n) is 21.6. The average Bonchev–Trinajstić information content (AvgIpc) is 2.90. The first kappa shape index (κ1) is 26.5. The van der Waals surface area contributed by atoms with Crippen LogP contribution in [0.2, 0.25) is 5.02 Å². The van der Waals surface area contributed by atoms with E-state index < -0.39 is 0 Å². The van der Waals surface area contributed by atoms with Crippen LogP contribution in [-0.2, 0) is 22.5 Å². The van der Waals surface area contributed by atoms with Gasteiger partial charge in [-0.3, -0.25) is 4.79 Å². The van der Waals surface area contributed by atoms with Gasteiger partial charge >= 0.3 is 0 Å². The fourth-order valence-electron chi connectivity index (χ4n) is 4.34. The highest BCUT2D eigenvalue weighted by Crippen LogP contribution is 2.30. The number of pyridine rings is 1. The van der Waals surface area contributed by atoms with Crippen LogP contribution in [0.3, 0.4) is 0 Å². The van der Waals surface area contributed by atoms with Crippen LogP contribution >= 0.6 is 11.6 Å². The van der Waals surface area contributed by atoms with Crippen LogP contribution < -0.4 is 9.47 Å². The number of aromatic nitrogens is 1. The Balaban J connectivity index is 1.73. The second-order valence-electron chi connectivity index (χ2n) is 8.87. The fourth-order valence-corrected chi connectivity index (χ4v) is 4.51. The van der Waals surface area contributed by atoms with Gasteiger partial charge < -0.3 is 19.1 Å². The summed E-state index contributed by atoms with van der Waals surface area (Å²) in [6.07, 6.45) is 0.167. The molecule has 192 valence electrons. The number of ether oxygens (including phenoxy) is 3. The normalized spacial score (nSPS) is 10.9. The van der Waals surface area contributed by atoms with Gasteiger partial charge in [0.2, 0.25) is 5.91 Å². The molecule has 0 aliphatic carbocycles. The predicted molar refractivity (Wildman–Crippen MR) is 147 cm³/mol. The summed E-state index contributed by atoms with van der Waals surface area (Å²) in [5.41, 5.74) is 5.47. The Morgan fingerprint density at radius 1 is 0.946 bits per heavy atom. The zero-order chi connectivity index (χ0) is 26.4. The van der Waals surface area contributed by atoms with E-state index in [1.165, 1.54) is 0 Å². The summed E-state index contributed by atoms with van der Waals surface area (Å²) in [5.74, 6) is 1.27. The first-order valence-electron chi connectivity index (χ1n) is 12.1. The van der Waals surface area contributed by atoms with Crippen molar-refractivity contribution in [3.63, 3.8) is 0 Å². The van der Waals surface area contributed by atoms with Crippen molar-refractivity contribution in [2.24, 2.45) is 0 Å². The molecule has 6 nitrogen and oxygen atoms in total. The first-order chi connectivity index (χ1) is 17.9. The summed E-state index contributed by atoms with van der Waals surface area (Å²) < 4.78 is 16.2. The van der Waals surface area contributed by atoms with E-state index in [1.54, 1.807) is 26.2 Å². The number of benzene rings is 3. The fraction of sp³-hybridized carbons (Fsp3) is 0.267. The van der Waals surface area contributed by atoms with Gasteiger partial charge in [0, 0.05) is 41.7 Å². The maximum Gasteiger partial charge on any atom is 0.227 e. The minimum absolute atomic E-state index is 0.0463. The summed E-state index contributed by atoms with van der Waals surface area (Å²) >= 11 is 6.26. The number of methoxy groups -OCH3 is 3. The minimum Gasteiger partial charge on any atom is -0.497 e. The van der Waals surface area contributed by atoms with Gasteiger partial charge in [-0.2, -0.15) is 0 Å². The molecule has 1 aromatic heterocycles. The average molecular weight is 519 g/mol. The summed E-state index contributed by atoms with van der Waals surface area (Å²) in [6.45, 7) is 3.28. The van der Waals surface area contributed by atoms with E-state index in [4.69, 9.17) is 30.8 Å². The smallest absolute Gasteiger partial charge is 0.227 e. The van der Waals surface area contributed by atoms with Crippen LogP contribution in [0.5, 0.6) is 11.5 Å². The van der Waals surface area contributed by atoms with Crippen molar-refractivity contribution in [3.05, 3.63) is 88.4 Å². The molecule has 4 aromatic rings. The molecule has 1 heterocycles. The standard InChI is InChI=1S/C30H31ClN2O4/c1-20-6-5-7-22(14-20)30-24(15-21-8-9-25(31)18-27(21)32-30)19-33(12-13-35-2)29(34)17-23-16-26(36-3)10-11-28(23)37-4/h5-11,14-16,18H,12-13,17,19H2,1-4H3. The van der Waals surface area contributed by atoms with Crippen LogP contribution in [-0.4, -0.2) is 50.3 Å². The Bertz CT molecular complexity index is 1410. The van der Waals surface area contributed by atoms with E-state index in [2.05, 4.69) is 25.1 Å². The maximum atomic E-state index is 13.6. The molecular weight excluding hydrogens is 488 g/mol. The topological polar surface area (TPSA) is 60.9 Å². The largest absolute Gasteiger partial charge is 0.497 e. The molecule has 7 heteroatoms. The van der Waals surface area contributed by atoms with Gasteiger partial charge in [-0.05, 0) is 55.0 Å². The lowest BCUT2D eigenvalue weighted by Gasteiger charge is -2.25. The number of rotatable bonds is 10. The Morgan fingerprint density at radius 2 is 1.78 bits per heavy atom. The summed E-state index contributed by atoms with van der Waals surface area (Å²) in [4.78, 5) is 20.4. The molecule has 0 saturated heterocycles. The molecule has 0 spiro atoms. The van der Waals surface area contributed by atoms with Crippen molar-refractivity contribution in [2.45, 2.75) is 19.9 Å². The van der Waals surface area contributed by atoms with E-state index in [0.717, 1.165) is 38.9 Å². The third kappa shape index (κ3) is 6.40. The third-order valence-corrected chi connectivity index (χ3v) is 6.49. The molecule has 0 aliphatic rings. The Hall–Kier alpha value is -3.61. The van der Waals surface area contributed by atoms with E-state index in [-0.39, 0.29) is 12.3 Å². The number of amides is 1. The molecule has 0 fully saturated rings. The molecule has 0 bridgehead atoms. The Kier molecular flexibility index (Phi) is 8.64. The number of carbonyl (C=O) groups excluding carboxylic acids is 1. The molecule has 1 amide bonds. The highest BCUT2D eigenvalue weighted by Gasteiger charge is 2.20. The number of hydrogen-bond acceptors (Lipinski definition) is 5. The van der Waals surface area contributed by atoms with Gasteiger partial charge in [-0.25, -0.2) is 4.98 Å². The van der Waals surface area contributed by atoms with Gasteiger partial charge in [0.1, 0.15) is 11.5 Å². The Labute approximate surface area is 222 Å². The van der Waals surface area contributed by atoms with Gasteiger partial charge in [0.15, 0.2) is 0 Å².